The van der Waals surface area contributed by atoms with E-state index in [-0.39, 0.29) is 10.6 Å². The van der Waals surface area contributed by atoms with E-state index in [4.69, 9.17) is 4.74 Å². The van der Waals surface area contributed by atoms with Gasteiger partial charge in [-0.2, -0.15) is 0 Å². The largest absolute Gasteiger partial charge is 0.492 e. The third kappa shape index (κ3) is 4.43. The number of rotatable bonds is 5. The van der Waals surface area contributed by atoms with Crippen molar-refractivity contribution in [1.82, 2.24) is 4.90 Å². The second-order valence-electron chi connectivity index (χ2n) is 6.26. The Labute approximate surface area is 126 Å². The van der Waals surface area contributed by atoms with Gasteiger partial charge in [-0.3, -0.25) is 15.0 Å². The third-order valence-corrected chi connectivity index (χ3v) is 3.99. The molecule has 0 bridgehead atoms. The number of benzene rings is 1. The van der Waals surface area contributed by atoms with Gasteiger partial charge in [0, 0.05) is 31.3 Å². The average Bonchev–Trinajstić information content (AvgIpc) is 2.37. The number of nitrogens with zero attached hydrogens (tertiary/aromatic N) is 2. The van der Waals surface area contributed by atoms with Crippen LogP contribution in [-0.2, 0) is 0 Å². The zero-order chi connectivity index (χ0) is 15.4. The highest BCUT2D eigenvalue weighted by molar-refractivity contribution is 5.44. The zero-order valence-electron chi connectivity index (χ0n) is 13.0. The molecule has 0 radical (unpaired) electrons. The lowest BCUT2D eigenvalue weighted by Crippen LogP contribution is -2.40. The van der Waals surface area contributed by atoms with E-state index in [0.29, 0.717) is 17.9 Å². The van der Waals surface area contributed by atoms with Crippen LogP contribution in [0.3, 0.4) is 0 Å². The predicted octanol–water partition coefficient (Wildman–Crippen LogP) is 3.26. The summed E-state index contributed by atoms with van der Waals surface area (Å²) in [5.74, 6) is 2.20. The molecular weight excluding hydrogens is 268 g/mol. The minimum atomic E-state index is -0.365. The number of nitro benzene ring substituents is 1. The lowest BCUT2D eigenvalue weighted by molar-refractivity contribution is -0.385. The molecule has 116 valence electrons. The van der Waals surface area contributed by atoms with Crippen molar-refractivity contribution in [2.45, 2.75) is 27.2 Å². The topological polar surface area (TPSA) is 55.6 Å². The van der Waals surface area contributed by atoms with Gasteiger partial charge in [-0.25, -0.2) is 0 Å². The maximum absolute atomic E-state index is 10.8. The monoisotopic (exact) mass is 292 g/mol. The Hall–Kier alpha value is -1.62. The van der Waals surface area contributed by atoms with E-state index in [0.717, 1.165) is 31.5 Å². The van der Waals surface area contributed by atoms with Crippen molar-refractivity contribution >= 4 is 5.69 Å². The summed E-state index contributed by atoms with van der Waals surface area (Å²) in [7, 11) is 0. The molecule has 0 amide bonds. The average molecular weight is 292 g/mol. The minimum Gasteiger partial charge on any atom is -0.492 e. The van der Waals surface area contributed by atoms with E-state index in [9.17, 15) is 10.1 Å². The van der Waals surface area contributed by atoms with Crippen LogP contribution in [0, 0.1) is 28.9 Å². The molecule has 0 spiro atoms. The molecule has 1 aliphatic heterocycles. The molecule has 0 unspecified atom stereocenters. The van der Waals surface area contributed by atoms with Crippen LogP contribution in [-0.4, -0.2) is 36.1 Å². The lowest BCUT2D eigenvalue weighted by Gasteiger charge is -2.34. The van der Waals surface area contributed by atoms with E-state index < -0.39 is 0 Å². The van der Waals surface area contributed by atoms with Crippen LogP contribution in [0.2, 0.25) is 0 Å². The summed E-state index contributed by atoms with van der Waals surface area (Å²) >= 11 is 0. The summed E-state index contributed by atoms with van der Waals surface area (Å²) in [5.41, 5.74) is 0.777. The van der Waals surface area contributed by atoms with Crippen molar-refractivity contribution in [3.8, 4) is 5.75 Å². The molecule has 2 atom stereocenters. The molecule has 1 fully saturated rings. The summed E-state index contributed by atoms with van der Waals surface area (Å²) < 4.78 is 5.73. The number of ether oxygens (including phenoxy) is 1. The fourth-order valence-electron chi connectivity index (χ4n) is 3.19. The molecule has 1 heterocycles. The first-order valence-corrected chi connectivity index (χ1v) is 7.56. The first-order valence-electron chi connectivity index (χ1n) is 7.56. The molecular formula is C16H24N2O3. The summed E-state index contributed by atoms with van der Waals surface area (Å²) in [6.07, 6.45) is 1.30. The quantitative estimate of drug-likeness (QED) is 0.617. The molecule has 1 aromatic carbocycles. The molecule has 0 N–H and O–H groups in total. The fourth-order valence-corrected chi connectivity index (χ4v) is 3.19. The second kappa shape index (κ2) is 6.89. The first-order chi connectivity index (χ1) is 9.95. The molecule has 0 saturated carbocycles. The van der Waals surface area contributed by atoms with Crippen molar-refractivity contribution < 1.29 is 9.66 Å². The van der Waals surface area contributed by atoms with Crippen molar-refractivity contribution in [3.63, 3.8) is 0 Å². The Kier molecular flexibility index (Phi) is 5.17. The molecule has 5 nitrogen and oxygen atoms in total. The number of hydrogen-bond donors (Lipinski definition) is 0. The van der Waals surface area contributed by atoms with Gasteiger partial charge in [-0.05, 0) is 37.3 Å². The molecule has 2 rings (SSSR count). The number of aryl methyl sites for hydroxylation is 1. The van der Waals surface area contributed by atoms with Crippen LogP contribution >= 0.6 is 0 Å². The number of likely N-dealkylation sites (tertiary alicyclic amines) is 1. The van der Waals surface area contributed by atoms with Crippen LogP contribution < -0.4 is 4.74 Å². The number of hydrogen-bond acceptors (Lipinski definition) is 4. The minimum absolute atomic E-state index is 0.140. The summed E-state index contributed by atoms with van der Waals surface area (Å²) in [5, 5.41) is 10.8. The van der Waals surface area contributed by atoms with E-state index in [2.05, 4.69) is 18.7 Å². The van der Waals surface area contributed by atoms with Crippen LogP contribution in [0.5, 0.6) is 5.75 Å². The van der Waals surface area contributed by atoms with Crippen LogP contribution in [0.1, 0.15) is 25.8 Å². The maximum atomic E-state index is 10.8. The summed E-state index contributed by atoms with van der Waals surface area (Å²) in [4.78, 5) is 12.8. The maximum Gasteiger partial charge on any atom is 0.272 e. The van der Waals surface area contributed by atoms with Gasteiger partial charge in [0.2, 0.25) is 0 Å². The zero-order valence-corrected chi connectivity index (χ0v) is 13.0. The molecule has 1 aromatic rings. The van der Waals surface area contributed by atoms with Crippen molar-refractivity contribution in [2.75, 3.05) is 26.2 Å². The van der Waals surface area contributed by atoms with Gasteiger partial charge in [0.15, 0.2) is 0 Å². The Balaban J connectivity index is 1.83. The van der Waals surface area contributed by atoms with Gasteiger partial charge in [-0.15, -0.1) is 0 Å². The Bertz CT molecular complexity index is 494. The van der Waals surface area contributed by atoms with Crippen LogP contribution in [0.15, 0.2) is 18.2 Å². The van der Waals surface area contributed by atoms with Crippen LogP contribution in [0.25, 0.3) is 0 Å². The lowest BCUT2D eigenvalue weighted by atomic mass is 9.92. The first kappa shape index (κ1) is 15.8. The second-order valence-corrected chi connectivity index (χ2v) is 6.26. The molecule has 0 aromatic heterocycles. The Morgan fingerprint density at radius 2 is 2.00 bits per heavy atom. The molecule has 21 heavy (non-hydrogen) atoms. The SMILES string of the molecule is Cc1cc(OCCN2C[C@H](C)C[C@@H](C)C2)ccc1[N+](=O)[O-]. The van der Waals surface area contributed by atoms with E-state index in [1.165, 1.54) is 12.5 Å². The van der Waals surface area contributed by atoms with Crippen LogP contribution in [0.4, 0.5) is 5.69 Å². The van der Waals surface area contributed by atoms with Crippen molar-refractivity contribution in [3.05, 3.63) is 33.9 Å². The number of nitro groups is 1. The van der Waals surface area contributed by atoms with Crippen molar-refractivity contribution in [2.24, 2.45) is 11.8 Å². The van der Waals surface area contributed by atoms with Gasteiger partial charge in [0.1, 0.15) is 12.4 Å². The summed E-state index contributed by atoms with van der Waals surface area (Å²) in [6, 6.07) is 4.92. The van der Waals surface area contributed by atoms with E-state index >= 15 is 0 Å². The van der Waals surface area contributed by atoms with Gasteiger partial charge < -0.3 is 4.74 Å². The smallest absolute Gasteiger partial charge is 0.272 e. The molecule has 1 aliphatic rings. The van der Waals surface area contributed by atoms with Gasteiger partial charge in [0.05, 0.1) is 4.92 Å². The predicted molar refractivity (Wildman–Crippen MR) is 82.7 cm³/mol. The van der Waals surface area contributed by atoms with Gasteiger partial charge >= 0.3 is 0 Å². The van der Waals surface area contributed by atoms with E-state index in [1.807, 2.05) is 0 Å². The molecule has 5 heteroatoms. The van der Waals surface area contributed by atoms with Crippen molar-refractivity contribution in [1.29, 1.82) is 0 Å². The fraction of sp³-hybridized carbons (Fsp3) is 0.625. The Morgan fingerprint density at radius 3 is 2.57 bits per heavy atom. The highest BCUT2D eigenvalue weighted by atomic mass is 16.6. The highest BCUT2D eigenvalue weighted by Gasteiger charge is 2.21. The molecule has 0 aliphatic carbocycles. The highest BCUT2D eigenvalue weighted by Crippen LogP contribution is 2.23. The number of piperidine rings is 1. The normalized spacial score (nSPS) is 23.0. The standard InChI is InChI=1S/C16H24N2O3/c1-12-8-13(2)11-17(10-12)6-7-21-15-4-5-16(18(19)20)14(3)9-15/h4-5,9,12-13H,6-8,10-11H2,1-3H3/t12-,13-/m1/s1. The Morgan fingerprint density at radius 1 is 1.33 bits per heavy atom. The summed E-state index contributed by atoms with van der Waals surface area (Å²) in [6.45, 7) is 10.1. The third-order valence-electron chi connectivity index (χ3n) is 3.99. The van der Waals surface area contributed by atoms with E-state index in [1.54, 1.807) is 19.1 Å². The van der Waals surface area contributed by atoms with Gasteiger partial charge in [0.25, 0.3) is 5.69 Å². The molecule has 1 saturated heterocycles. The van der Waals surface area contributed by atoms with Gasteiger partial charge in [-0.1, -0.05) is 13.8 Å².